The fourth-order valence-electron chi connectivity index (χ4n) is 2.85. The number of carboxylic acid groups (broad SMARTS) is 1. The number of allylic oxidation sites excluding steroid dienone is 2. The molecule has 0 aliphatic heterocycles. The summed E-state index contributed by atoms with van der Waals surface area (Å²) in [5.74, 6) is -2.35. The molecule has 0 spiro atoms. The van der Waals surface area contributed by atoms with Crippen LogP contribution in [0.2, 0.25) is 0 Å². The van der Waals surface area contributed by atoms with E-state index in [0.717, 1.165) is 6.42 Å². The Hall–Kier alpha value is -1.32. The Kier molecular flexibility index (Phi) is 2.76. The van der Waals surface area contributed by atoms with Crippen LogP contribution in [-0.4, -0.2) is 22.6 Å². The van der Waals surface area contributed by atoms with Crippen molar-refractivity contribution in [1.82, 2.24) is 0 Å². The van der Waals surface area contributed by atoms with E-state index in [0.29, 0.717) is 0 Å². The standard InChI is InChI=1S/C13H18O4/c1-13(2,3)17-12(16)10-8-5-4-7(6-8)9(10)11(14)15/h4-5,7-10H,6H2,1-3H3,(H,14,15)/t7?,8?,9-,10-/m1/s1. The van der Waals surface area contributed by atoms with Crippen molar-refractivity contribution in [1.29, 1.82) is 0 Å². The quantitative estimate of drug-likeness (QED) is 0.589. The zero-order chi connectivity index (χ0) is 12.8. The predicted molar refractivity (Wildman–Crippen MR) is 61.2 cm³/mol. The summed E-state index contributed by atoms with van der Waals surface area (Å²) in [6.45, 7) is 5.39. The maximum Gasteiger partial charge on any atom is 0.310 e. The number of ether oxygens (including phenoxy) is 1. The summed E-state index contributed by atoms with van der Waals surface area (Å²) < 4.78 is 5.32. The number of fused-ring (bicyclic) bond motifs is 2. The third-order valence-electron chi connectivity index (χ3n) is 3.42. The van der Waals surface area contributed by atoms with Crippen LogP contribution in [-0.2, 0) is 14.3 Å². The average molecular weight is 238 g/mol. The van der Waals surface area contributed by atoms with Gasteiger partial charge in [0.1, 0.15) is 5.60 Å². The molecule has 4 atom stereocenters. The van der Waals surface area contributed by atoms with Crippen molar-refractivity contribution in [3.8, 4) is 0 Å². The molecule has 2 aliphatic rings. The van der Waals surface area contributed by atoms with E-state index in [1.165, 1.54) is 0 Å². The van der Waals surface area contributed by atoms with E-state index in [2.05, 4.69) is 0 Å². The van der Waals surface area contributed by atoms with E-state index in [9.17, 15) is 14.7 Å². The molecule has 0 amide bonds. The van der Waals surface area contributed by atoms with Gasteiger partial charge >= 0.3 is 11.9 Å². The summed E-state index contributed by atoms with van der Waals surface area (Å²) in [7, 11) is 0. The smallest absolute Gasteiger partial charge is 0.310 e. The van der Waals surface area contributed by atoms with Crippen LogP contribution in [0, 0.1) is 23.7 Å². The third kappa shape index (κ3) is 2.21. The van der Waals surface area contributed by atoms with Gasteiger partial charge in [-0.15, -0.1) is 0 Å². The van der Waals surface area contributed by atoms with Gasteiger partial charge in [0, 0.05) is 0 Å². The van der Waals surface area contributed by atoms with Gasteiger partial charge in [-0.3, -0.25) is 9.59 Å². The highest BCUT2D eigenvalue weighted by molar-refractivity contribution is 5.83. The summed E-state index contributed by atoms with van der Waals surface area (Å²) in [6.07, 6.45) is 4.64. The van der Waals surface area contributed by atoms with Gasteiger partial charge in [-0.1, -0.05) is 12.2 Å². The van der Waals surface area contributed by atoms with Crippen LogP contribution >= 0.6 is 0 Å². The largest absolute Gasteiger partial charge is 0.481 e. The molecule has 0 radical (unpaired) electrons. The Labute approximate surface area is 101 Å². The van der Waals surface area contributed by atoms with E-state index in [1.807, 2.05) is 12.2 Å². The topological polar surface area (TPSA) is 63.6 Å². The van der Waals surface area contributed by atoms with Crippen LogP contribution in [0.15, 0.2) is 12.2 Å². The van der Waals surface area contributed by atoms with Crippen LogP contribution in [0.1, 0.15) is 27.2 Å². The molecule has 0 heterocycles. The zero-order valence-electron chi connectivity index (χ0n) is 10.3. The molecule has 4 heteroatoms. The minimum absolute atomic E-state index is 0.00461. The molecule has 94 valence electrons. The van der Waals surface area contributed by atoms with E-state index in [1.54, 1.807) is 20.8 Å². The first-order valence-corrected chi connectivity index (χ1v) is 5.93. The number of hydrogen-bond acceptors (Lipinski definition) is 3. The first-order chi connectivity index (χ1) is 7.79. The molecule has 2 aliphatic carbocycles. The average Bonchev–Trinajstić information content (AvgIpc) is 2.72. The number of carboxylic acids is 1. The number of carbonyl (C=O) groups is 2. The van der Waals surface area contributed by atoms with Crippen LogP contribution < -0.4 is 0 Å². The Morgan fingerprint density at radius 2 is 1.71 bits per heavy atom. The van der Waals surface area contributed by atoms with Gasteiger partial charge in [0.05, 0.1) is 11.8 Å². The highest BCUT2D eigenvalue weighted by Crippen LogP contribution is 2.48. The fraction of sp³-hybridized carbons (Fsp3) is 0.692. The number of hydrogen-bond donors (Lipinski definition) is 1. The van der Waals surface area contributed by atoms with Crippen molar-refractivity contribution < 1.29 is 19.4 Å². The molecule has 0 saturated heterocycles. The highest BCUT2D eigenvalue weighted by atomic mass is 16.6. The lowest BCUT2D eigenvalue weighted by Gasteiger charge is -2.27. The molecular weight excluding hydrogens is 220 g/mol. The molecule has 4 nitrogen and oxygen atoms in total. The number of rotatable bonds is 2. The number of esters is 1. The summed E-state index contributed by atoms with van der Waals surface area (Å²) in [5, 5.41) is 9.21. The third-order valence-corrected chi connectivity index (χ3v) is 3.42. The summed E-state index contributed by atoms with van der Waals surface area (Å²) in [5.41, 5.74) is -0.564. The molecule has 2 bridgehead atoms. The minimum atomic E-state index is -0.891. The second-order valence-electron chi connectivity index (χ2n) is 5.87. The van der Waals surface area contributed by atoms with Crippen molar-refractivity contribution in [2.75, 3.05) is 0 Å². The van der Waals surface area contributed by atoms with E-state index < -0.39 is 23.4 Å². The maximum atomic E-state index is 12.0. The second-order valence-corrected chi connectivity index (χ2v) is 5.87. The number of carbonyl (C=O) groups excluding carboxylic acids is 1. The van der Waals surface area contributed by atoms with Crippen molar-refractivity contribution in [3.63, 3.8) is 0 Å². The Balaban J connectivity index is 2.17. The molecule has 1 N–H and O–H groups in total. The van der Waals surface area contributed by atoms with Crippen molar-refractivity contribution in [3.05, 3.63) is 12.2 Å². The maximum absolute atomic E-state index is 12.0. The van der Waals surface area contributed by atoms with E-state index >= 15 is 0 Å². The monoisotopic (exact) mass is 238 g/mol. The Bertz CT molecular complexity index is 377. The molecule has 1 fully saturated rings. The second kappa shape index (κ2) is 3.86. The van der Waals surface area contributed by atoms with Crippen molar-refractivity contribution >= 4 is 11.9 Å². The first kappa shape index (κ1) is 12.1. The molecule has 0 aromatic rings. The van der Waals surface area contributed by atoms with Crippen LogP contribution in [0.4, 0.5) is 0 Å². The molecule has 17 heavy (non-hydrogen) atoms. The molecule has 2 unspecified atom stereocenters. The molecule has 0 aromatic carbocycles. The van der Waals surface area contributed by atoms with Crippen molar-refractivity contribution in [2.45, 2.75) is 32.8 Å². The van der Waals surface area contributed by atoms with Gasteiger partial charge in [-0.05, 0) is 39.0 Å². The SMILES string of the molecule is CC(C)(C)OC(=O)[C@@H]1C2C=CC(C2)[C@H]1C(=O)O. The lowest BCUT2D eigenvalue weighted by atomic mass is 9.83. The molecule has 0 aromatic heterocycles. The first-order valence-electron chi connectivity index (χ1n) is 5.93. The van der Waals surface area contributed by atoms with Crippen LogP contribution in [0.5, 0.6) is 0 Å². The van der Waals surface area contributed by atoms with Gasteiger partial charge in [-0.2, -0.15) is 0 Å². The van der Waals surface area contributed by atoms with Gasteiger partial charge < -0.3 is 9.84 Å². The van der Waals surface area contributed by atoms with E-state index in [4.69, 9.17) is 4.74 Å². The van der Waals surface area contributed by atoms with Gasteiger partial charge in [0.2, 0.25) is 0 Å². The van der Waals surface area contributed by atoms with Crippen LogP contribution in [0.3, 0.4) is 0 Å². The normalized spacial score (nSPS) is 35.0. The lowest BCUT2D eigenvalue weighted by Crippen LogP contribution is -2.37. The summed E-state index contributed by atoms with van der Waals surface area (Å²) in [4.78, 5) is 23.3. The van der Waals surface area contributed by atoms with Gasteiger partial charge in [-0.25, -0.2) is 0 Å². The van der Waals surface area contributed by atoms with Crippen molar-refractivity contribution in [2.24, 2.45) is 23.7 Å². The van der Waals surface area contributed by atoms with Crippen LogP contribution in [0.25, 0.3) is 0 Å². The van der Waals surface area contributed by atoms with Gasteiger partial charge in [0.25, 0.3) is 0 Å². The molecule has 2 rings (SSSR count). The molecule has 1 saturated carbocycles. The fourth-order valence-corrected chi connectivity index (χ4v) is 2.85. The highest BCUT2D eigenvalue weighted by Gasteiger charge is 2.52. The zero-order valence-corrected chi connectivity index (χ0v) is 10.3. The lowest BCUT2D eigenvalue weighted by molar-refractivity contribution is -0.167. The summed E-state index contributed by atoms with van der Waals surface area (Å²) in [6, 6.07) is 0. The van der Waals surface area contributed by atoms with Gasteiger partial charge in [0.15, 0.2) is 0 Å². The predicted octanol–water partition coefficient (Wildman–Crippen LogP) is 1.85. The Morgan fingerprint density at radius 3 is 2.18 bits per heavy atom. The summed E-state index contributed by atoms with van der Waals surface area (Å²) >= 11 is 0. The van der Waals surface area contributed by atoms with E-state index in [-0.39, 0.29) is 17.8 Å². The number of aliphatic carboxylic acids is 1. The minimum Gasteiger partial charge on any atom is -0.481 e. The Morgan fingerprint density at radius 1 is 1.18 bits per heavy atom. The molecular formula is C13H18O4.